The molecule has 1 heterocycles. The van der Waals surface area contributed by atoms with Crippen molar-refractivity contribution >= 4 is 16.5 Å². The van der Waals surface area contributed by atoms with Crippen molar-refractivity contribution in [3.63, 3.8) is 0 Å². The molecular weight excluding hydrogens is 286 g/mol. The minimum Gasteiger partial charge on any atom is -0.330 e. The molecule has 1 nitrogen and oxygen atoms in total. The van der Waals surface area contributed by atoms with Crippen LogP contribution in [0.1, 0.15) is 51.4 Å². The summed E-state index contributed by atoms with van der Waals surface area (Å²) in [4.78, 5) is 0. The van der Waals surface area contributed by atoms with Gasteiger partial charge >= 0.3 is 0 Å². The first-order valence-corrected chi connectivity index (χ1v) is 15.5. The first kappa shape index (κ1) is 15.8. The quantitative estimate of drug-likeness (QED) is 0.498. The molecule has 0 bridgehead atoms. The van der Waals surface area contributed by atoms with Crippen LogP contribution in [0.15, 0.2) is 0 Å². The smallest absolute Gasteiger partial charge is 0.116 e. The van der Waals surface area contributed by atoms with Crippen molar-refractivity contribution in [3.05, 3.63) is 0 Å². The zero-order chi connectivity index (χ0) is 15.1. The molecule has 2 aliphatic carbocycles. The number of rotatable bonds is 2. The third-order valence-corrected chi connectivity index (χ3v) is 16.4. The molecule has 2 saturated carbocycles. The molecule has 0 spiro atoms. The Hall–Kier alpha value is -0.0462. The van der Waals surface area contributed by atoms with E-state index in [0.717, 1.165) is 5.92 Å². The van der Waals surface area contributed by atoms with E-state index in [-0.39, 0.29) is 5.54 Å². The summed E-state index contributed by atoms with van der Waals surface area (Å²) in [5.74, 6) is 8.52. The monoisotopic (exact) mass is 319 g/mol. The van der Waals surface area contributed by atoms with Gasteiger partial charge in [0.1, 0.15) is 16.5 Å². The lowest BCUT2D eigenvalue weighted by Gasteiger charge is -2.53. The van der Waals surface area contributed by atoms with E-state index in [0.29, 0.717) is 0 Å². The van der Waals surface area contributed by atoms with Gasteiger partial charge < -0.3 is 4.23 Å². The summed E-state index contributed by atoms with van der Waals surface area (Å²) >= 11 is 0. The Morgan fingerprint density at radius 3 is 2.05 bits per heavy atom. The molecular formula is C18H33NSi2. The fourth-order valence-electron chi connectivity index (χ4n) is 5.04. The van der Waals surface area contributed by atoms with Crippen molar-refractivity contribution in [3.8, 4) is 11.8 Å². The predicted octanol–water partition coefficient (Wildman–Crippen LogP) is 5.22. The van der Waals surface area contributed by atoms with Gasteiger partial charge in [-0.2, -0.15) is 0 Å². The van der Waals surface area contributed by atoms with Crippen LogP contribution in [0.4, 0.5) is 0 Å². The van der Waals surface area contributed by atoms with Crippen LogP contribution in [-0.4, -0.2) is 26.2 Å². The van der Waals surface area contributed by atoms with Crippen LogP contribution in [0.25, 0.3) is 0 Å². The normalized spacial score (nSPS) is 30.7. The summed E-state index contributed by atoms with van der Waals surface area (Å²) in [6.07, 6.45) is 11.0. The Morgan fingerprint density at radius 1 is 0.952 bits per heavy atom. The molecule has 0 radical (unpaired) electrons. The lowest BCUT2D eigenvalue weighted by molar-refractivity contribution is 0.252. The van der Waals surface area contributed by atoms with E-state index < -0.39 is 16.5 Å². The average molecular weight is 320 g/mol. The van der Waals surface area contributed by atoms with Crippen LogP contribution < -0.4 is 0 Å². The second kappa shape index (κ2) is 5.55. The molecule has 0 aromatic rings. The van der Waals surface area contributed by atoms with Crippen LogP contribution >= 0.6 is 0 Å². The molecule has 1 saturated heterocycles. The fraction of sp³-hybridized carbons (Fsp3) is 0.889. The Bertz CT molecular complexity index is 432. The summed E-state index contributed by atoms with van der Waals surface area (Å²) in [5, 5.41) is 0. The Balaban J connectivity index is 1.90. The molecule has 0 aromatic carbocycles. The van der Waals surface area contributed by atoms with Crippen LogP contribution in [0, 0.1) is 17.8 Å². The van der Waals surface area contributed by atoms with Crippen molar-refractivity contribution < 1.29 is 0 Å². The van der Waals surface area contributed by atoms with Crippen molar-refractivity contribution in [2.75, 3.05) is 0 Å². The van der Waals surface area contributed by atoms with Gasteiger partial charge in [-0.25, -0.2) is 0 Å². The van der Waals surface area contributed by atoms with Gasteiger partial charge in [-0.15, -0.1) is 5.92 Å². The molecule has 3 heteroatoms. The summed E-state index contributed by atoms with van der Waals surface area (Å²) in [6, 6.07) is 3.02. The van der Waals surface area contributed by atoms with E-state index >= 15 is 0 Å². The maximum absolute atomic E-state index is 3.90. The molecule has 21 heavy (non-hydrogen) atoms. The van der Waals surface area contributed by atoms with E-state index in [2.05, 4.69) is 42.3 Å². The third kappa shape index (κ3) is 3.18. The van der Waals surface area contributed by atoms with E-state index in [1.54, 1.807) is 0 Å². The Kier molecular flexibility index (Phi) is 4.18. The van der Waals surface area contributed by atoms with Gasteiger partial charge in [-0.3, -0.25) is 0 Å². The first-order valence-electron chi connectivity index (χ1n) is 9.16. The SMILES string of the molecule is C[Si]1(C)CC[Si](C)(C)N1C1(C#CCC2CC2)CCCCC1. The molecule has 0 N–H and O–H groups in total. The minimum absolute atomic E-state index is 0.287. The van der Waals surface area contributed by atoms with E-state index in [9.17, 15) is 0 Å². The maximum atomic E-state index is 3.90. The highest BCUT2D eigenvalue weighted by molar-refractivity contribution is 6.95. The standard InChI is InChI=1S/C18H33NSi2/c1-20(2)15-16-21(3,4)19(20)18(12-6-5-7-13-18)14-8-9-17-10-11-17/h17H,5-7,9-13,15-16H2,1-4H3. The van der Waals surface area contributed by atoms with Gasteiger partial charge in [0.25, 0.3) is 0 Å². The zero-order valence-corrected chi connectivity index (χ0v) is 16.6. The predicted molar refractivity (Wildman–Crippen MR) is 97.4 cm³/mol. The third-order valence-electron chi connectivity index (χ3n) is 6.08. The fourth-order valence-corrected chi connectivity index (χ4v) is 20.5. The maximum Gasteiger partial charge on any atom is 0.116 e. The highest BCUT2D eigenvalue weighted by Gasteiger charge is 2.55. The van der Waals surface area contributed by atoms with Crippen molar-refractivity contribution in [1.82, 2.24) is 4.23 Å². The van der Waals surface area contributed by atoms with E-state index in [4.69, 9.17) is 0 Å². The summed E-state index contributed by atoms with van der Waals surface area (Å²) < 4.78 is 3.12. The minimum atomic E-state index is -1.23. The molecule has 0 atom stereocenters. The number of hydrogen-bond donors (Lipinski definition) is 0. The van der Waals surface area contributed by atoms with Gasteiger partial charge in [-0.1, -0.05) is 51.4 Å². The Labute approximate surface area is 134 Å². The largest absolute Gasteiger partial charge is 0.330 e. The topological polar surface area (TPSA) is 3.24 Å². The van der Waals surface area contributed by atoms with Crippen LogP contribution in [-0.2, 0) is 0 Å². The van der Waals surface area contributed by atoms with Gasteiger partial charge in [0, 0.05) is 6.42 Å². The van der Waals surface area contributed by atoms with Crippen molar-refractivity contribution in [1.29, 1.82) is 0 Å². The number of nitrogens with zero attached hydrogens (tertiary/aromatic N) is 1. The molecule has 3 rings (SSSR count). The van der Waals surface area contributed by atoms with Gasteiger partial charge in [0.2, 0.25) is 0 Å². The lowest BCUT2D eigenvalue weighted by atomic mass is 9.83. The molecule has 0 unspecified atom stereocenters. The second-order valence-corrected chi connectivity index (χ2v) is 18.6. The van der Waals surface area contributed by atoms with E-state index in [1.165, 1.54) is 63.5 Å². The second-order valence-electron chi connectivity index (χ2n) is 9.00. The molecule has 3 aliphatic rings. The van der Waals surface area contributed by atoms with Gasteiger partial charge in [0.15, 0.2) is 0 Å². The van der Waals surface area contributed by atoms with Crippen LogP contribution in [0.3, 0.4) is 0 Å². The number of hydrogen-bond acceptors (Lipinski definition) is 1. The van der Waals surface area contributed by atoms with Gasteiger partial charge in [-0.05, 0) is 43.7 Å². The highest BCUT2D eigenvalue weighted by Crippen LogP contribution is 2.47. The lowest BCUT2D eigenvalue weighted by Crippen LogP contribution is -2.66. The molecule has 1 aliphatic heterocycles. The van der Waals surface area contributed by atoms with Gasteiger partial charge in [0.05, 0.1) is 5.54 Å². The highest BCUT2D eigenvalue weighted by atomic mass is 28.4. The summed E-state index contributed by atoms with van der Waals surface area (Å²) in [5.41, 5.74) is 0.287. The molecule has 3 fully saturated rings. The molecule has 118 valence electrons. The molecule has 0 aromatic heterocycles. The first-order chi connectivity index (χ1) is 9.86. The average Bonchev–Trinajstić information content (AvgIpc) is 3.18. The molecule has 0 amide bonds. The zero-order valence-electron chi connectivity index (χ0n) is 14.6. The summed E-state index contributed by atoms with van der Waals surface area (Å²) in [7, 11) is -2.47. The van der Waals surface area contributed by atoms with Crippen LogP contribution in [0.5, 0.6) is 0 Å². The van der Waals surface area contributed by atoms with E-state index in [1.807, 2.05) is 0 Å². The van der Waals surface area contributed by atoms with Crippen molar-refractivity contribution in [2.45, 2.75) is 95.2 Å². The van der Waals surface area contributed by atoms with Crippen molar-refractivity contribution in [2.24, 2.45) is 5.92 Å². The Morgan fingerprint density at radius 2 is 1.52 bits per heavy atom. The van der Waals surface area contributed by atoms with Crippen LogP contribution in [0.2, 0.25) is 38.3 Å². The summed E-state index contributed by atoms with van der Waals surface area (Å²) in [6.45, 7) is 10.5.